The molecule has 170 valence electrons. The summed E-state index contributed by atoms with van der Waals surface area (Å²) in [5, 5.41) is 0.798. The van der Waals surface area contributed by atoms with Crippen LogP contribution in [0.25, 0.3) is 10.2 Å². The maximum absolute atomic E-state index is 12.8. The Morgan fingerprint density at radius 3 is 2.19 bits per heavy atom. The molecule has 0 radical (unpaired) electrons. The van der Waals surface area contributed by atoms with Gasteiger partial charge in [-0.05, 0) is 42.5 Å². The van der Waals surface area contributed by atoms with Gasteiger partial charge in [-0.2, -0.15) is 0 Å². The third-order valence-corrected chi connectivity index (χ3v) is 9.39. The fourth-order valence-electron chi connectivity index (χ4n) is 3.51. The second-order valence-corrected chi connectivity index (χ2v) is 12.9. The minimum Gasteiger partial charge on any atom is -0.345 e. The number of hydrogen-bond donors (Lipinski definition) is 0. The van der Waals surface area contributed by atoms with Crippen molar-refractivity contribution in [3.63, 3.8) is 0 Å². The first-order valence-corrected chi connectivity index (χ1v) is 14.4. The highest BCUT2D eigenvalue weighted by Gasteiger charge is 2.24. The molecule has 1 saturated heterocycles. The summed E-state index contributed by atoms with van der Waals surface area (Å²) in [6.45, 7) is 3.82. The summed E-state index contributed by atoms with van der Waals surface area (Å²) in [6.07, 6.45) is 1.18. The number of carbonyl (C=O) groups excluding carboxylic acids is 1. The topological polar surface area (TPSA) is 105 Å². The van der Waals surface area contributed by atoms with Crippen LogP contribution in [-0.2, 0) is 19.7 Å². The number of piperazine rings is 1. The minimum atomic E-state index is -3.30. The molecule has 2 heterocycles. The Balaban J connectivity index is 1.44. The summed E-state index contributed by atoms with van der Waals surface area (Å²) < 4.78 is 48.3. The number of carbonyl (C=O) groups is 1. The minimum absolute atomic E-state index is 0.0174. The van der Waals surface area contributed by atoms with Crippen LogP contribution in [0.3, 0.4) is 0 Å². The third-order valence-electron chi connectivity index (χ3n) is 5.45. The van der Waals surface area contributed by atoms with Crippen LogP contribution in [0, 0.1) is 0 Å². The molecule has 1 aliphatic heterocycles. The molecule has 0 bridgehead atoms. The molecule has 0 spiro atoms. The summed E-state index contributed by atoms with van der Waals surface area (Å²) in [4.78, 5) is 21.8. The molecule has 1 aromatic heterocycles. The first-order chi connectivity index (χ1) is 15.1. The zero-order chi connectivity index (χ0) is 23.1. The van der Waals surface area contributed by atoms with Crippen LogP contribution in [-0.4, -0.2) is 70.8 Å². The van der Waals surface area contributed by atoms with Crippen molar-refractivity contribution in [3.05, 3.63) is 48.0 Å². The van der Waals surface area contributed by atoms with Crippen molar-refractivity contribution in [3.8, 4) is 0 Å². The molecular weight excluding hydrogens is 470 g/mol. The standard InChI is InChI=1S/C21H23N3O5S3/c1-3-32(28,29)16-6-4-15(5-7-16)20(25)23-10-12-24(13-11-23)21-22-18-9-8-17(31(2,26)27)14-19(18)30-21/h4-9,14H,3,10-13H2,1-2H3. The first-order valence-electron chi connectivity index (χ1n) is 10.1. The smallest absolute Gasteiger partial charge is 0.253 e. The van der Waals surface area contributed by atoms with Gasteiger partial charge in [-0.1, -0.05) is 18.3 Å². The zero-order valence-corrected chi connectivity index (χ0v) is 20.1. The number of anilines is 1. The maximum Gasteiger partial charge on any atom is 0.253 e. The fraction of sp³-hybridized carbons (Fsp3) is 0.333. The van der Waals surface area contributed by atoms with Crippen LogP contribution in [0.1, 0.15) is 17.3 Å². The molecule has 2 aromatic carbocycles. The van der Waals surface area contributed by atoms with Crippen LogP contribution < -0.4 is 4.90 Å². The molecular formula is C21H23N3O5S3. The summed E-state index contributed by atoms with van der Waals surface area (Å²) in [5.74, 6) is -0.115. The molecule has 0 saturated carbocycles. The van der Waals surface area contributed by atoms with E-state index in [1.165, 1.54) is 29.7 Å². The van der Waals surface area contributed by atoms with E-state index in [0.717, 1.165) is 15.3 Å². The van der Waals surface area contributed by atoms with Crippen molar-refractivity contribution in [1.29, 1.82) is 0 Å². The van der Waals surface area contributed by atoms with Crippen LogP contribution in [0.4, 0.5) is 5.13 Å². The summed E-state index contributed by atoms with van der Waals surface area (Å²) in [6, 6.07) is 11.0. The van der Waals surface area contributed by atoms with Gasteiger partial charge in [0.05, 0.1) is 25.8 Å². The largest absolute Gasteiger partial charge is 0.345 e. The fourth-order valence-corrected chi connectivity index (χ4v) is 6.18. The number of nitrogens with zero attached hydrogens (tertiary/aromatic N) is 3. The number of aromatic nitrogens is 1. The van der Waals surface area contributed by atoms with Crippen molar-refractivity contribution in [2.75, 3.05) is 43.1 Å². The lowest BCUT2D eigenvalue weighted by Gasteiger charge is -2.34. The predicted octanol–water partition coefficient (Wildman–Crippen LogP) is 2.46. The number of hydrogen-bond acceptors (Lipinski definition) is 8. The molecule has 0 aliphatic carbocycles. The monoisotopic (exact) mass is 493 g/mol. The second kappa shape index (κ2) is 8.45. The van der Waals surface area contributed by atoms with Crippen molar-refractivity contribution >= 4 is 52.3 Å². The highest BCUT2D eigenvalue weighted by atomic mass is 32.2. The Morgan fingerprint density at radius 1 is 0.969 bits per heavy atom. The Morgan fingerprint density at radius 2 is 1.59 bits per heavy atom. The van der Waals surface area contributed by atoms with Crippen LogP contribution in [0.2, 0.25) is 0 Å². The number of thiazole rings is 1. The zero-order valence-electron chi connectivity index (χ0n) is 17.7. The number of benzene rings is 2. The Hall–Kier alpha value is -2.50. The highest BCUT2D eigenvalue weighted by Crippen LogP contribution is 2.31. The lowest BCUT2D eigenvalue weighted by Crippen LogP contribution is -2.48. The summed E-state index contributed by atoms with van der Waals surface area (Å²) in [7, 11) is -6.57. The predicted molar refractivity (Wildman–Crippen MR) is 125 cm³/mol. The molecule has 8 nitrogen and oxygen atoms in total. The molecule has 0 N–H and O–H groups in total. The average Bonchev–Trinajstić information content (AvgIpc) is 3.22. The molecule has 1 amide bonds. The highest BCUT2D eigenvalue weighted by molar-refractivity contribution is 7.91. The molecule has 1 fully saturated rings. The third kappa shape index (κ3) is 4.50. The van der Waals surface area contributed by atoms with Gasteiger partial charge in [-0.3, -0.25) is 4.79 Å². The van der Waals surface area contributed by atoms with Gasteiger partial charge in [-0.15, -0.1) is 0 Å². The molecule has 0 atom stereocenters. The van der Waals surface area contributed by atoms with E-state index in [2.05, 4.69) is 9.88 Å². The normalized spacial score (nSPS) is 15.3. The van der Waals surface area contributed by atoms with Gasteiger partial charge in [0.2, 0.25) is 0 Å². The number of rotatable bonds is 5. The van der Waals surface area contributed by atoms with Gasteiger partial charge in [-0.25, -0.2) is 21.8 Å². The van der Waals surface area contributed by atoms with E-state index in [9.17, 15) is 21.6 Å². The first kappa shape index (κ1) is 22.7. The lowest BCUT2D eigenvalue weighted by atomic mass is 10.2. The van der Waals surface area contributed by atoms with Gasteiger partial charge in [0, 0.05) is 38.0 Å². The van der Waals surface area contributed by atoms with Gasteiger partial charge >= 0.3 is 0 Å². The SMILES string of the molecule is CCS(=O)(=O)c1ccc(C(=O)N2CCN(c3nc4ccc(S(C)(=O)=O)cc4s3)CC2)cc1. The van der Waals surface area contributed by atoms with Gasteiger partial charge in [0.1, 0.15) is 0 Å². The summed E-state index contributed by atoms with van der Waals surface area (Å²) >= 11 is 1.44. The lowest BCUT2D eigenvalue weighted by molar-refractivity contribution is 0.0746. The second-order valence-electron chi connectivity index (χ2n) is 7.61. The van der Waals surface area contributed by atoms with Crippen molar-refractivity contribution in [2.24, 2.45) is 0 Å². The van der Waals surface area contributed by atoms with Crippen molar-refractivity contribution in [1.82, 2.24) is 9.88 Å². The van der Waals surface area contributed by atoms with E-state index in [0.29, 0.717) is 31.7 Å². The van der Waals surface area contributed by atoms with Crippen LogP contribution in [0.5, 0.6) is 0 Å². The van der Waals surface area contributed by atoms with Crippen LogP contribution >= 0.6 is 11.3 Å². The number of amides is 1. The van der Waals surface area contributed by atoms with Crippen molar-refractivity contribution < 1.29 is 21.6 Å². The van der Waals surface area contributed by atoms with Crippen LogP contribution in [0.15, 0.2) is 52.3 Å². The number of fused-ring (bicyclic) bond motifs is 1. The molecule has 3 aromatic rings. The van der Waals surface area contributed by atoms with Gasteiger partial charge in [0.25, 0.3) is 5.91 Å². The van der Waals surface area contributed by atoms with E-state index in [1.54, 1.807) is 42.2 Å². The van der Waals surface area contributed by atoms with E-state index in [4.69, 9.17) is 0 Å². The molecule has 4 rings (SSSR count). The van der Waals surface area contributed by atoms with E-state index in [1.807, 2.05) is 0 Å². The molecule has 32 heavy (non-hydrogen) atoms. The van der Waals surface area contributed by atoms with E-state index >= 15 is 0 Å². The average molecular weight is 494 g/mol. The maximum atomic E-state index is 12.8. The van der Waals surface area contributed by atoms with Crippen molar-refractivity contribution in [2.45, 2.75) is 16.7 Å². The number of sulfone groups is 2. The van der Waals surface area contributed by atoms with E-state index in [-0.39, 0.29) is 21.5 Å². The quantitative estimate of drug-likeness (QED) is 0.538. The Bertz CT molecular complexity index is 1370. The summed E-state index contributed by atoms with van der Waals surface area (Å²) in [5.41, 5.74) is 1.21. The molecule has 1 aliphatic rings. The Labute approximate surface area is 191 Å². The van der Waals surface area contributed by atoms with E-state index < -0.39 is 19.7 Å². The van der Waals surface area contributed by atoms with Gasteiger partial charge < -0.3 is 9.80 Å². The Kier molecular flexibility index (Phi) is 5.99. The van der Waals surface area contributed by atoms with Gasteiger partial charge in [0.15, 0.2) is 24.8 Å². The molecule has 0 unspecified atom stereocenters. The molecule has 11 heteroatoms.